The SMILES string of the molecule is CCC(C)(NC(=O)C(C)c1c(C)n(C(=O)c2ccc(OC(F)(F)F)cc2)c2ccc(O)c(F)c12)C(=O)O. The Bertz CT molecular complexity index is 1380. The molecule has 0 aliphatic carbocycles. The Morgan fingerprint density at radius 1 is 1.11 bits per heavy atom. The molecule has 12 heteroatoms. The molecule has 0 saturated heterocycles. The Labute approximate surface area is 208 Å². The molecule has 0 saturated carbocycles. The standard InChI is InChI=1S/C25H24F4N2O6/c1-5-24(4,23(35)36)30-21(33)12(2)18-13(3)31(16-10-11-17(32)20(26)19(16)18)22(34)14-6-8-15(9-7-14)37-25(27,28)29/h6-12,32H,5H2,1-4H3,(H,30,33)(H,35,36). The van der Waals surface area contributed by atoms with Gasteiger partial charge in [-0.05, 0) is 69.2 Å². The van der Waals surface area contributed by atoms with Gasteiger partial charge in [-0.15, -0.1) is 13.2 Å². The lowest BCUT2D eigenvalue weighted by atomic mass is 9.93. The minimum atomic E-state index is -4.92. The summed E-state index contributed by atoms with van der Waals surface area (Å²) in [6.45, 7) is 5.72. The number of halogens is 4. The Kier molecular flexibility index (Phi) is 7.25. The number of nitrogens with zero attached hydrogens (tertiary/aromatic N) is 1. The molecule has 0 spiro atoms. The van der Waals surface area contributed by atoms with Crippen LogP contribution in [-0.4, -0.2) is 44.5 Å². The number of phenolic OH excluding ortho intramolecular Hbond substituents is 1. The molecule has 37 heavy (non-hydrogen) atoms. The van der Waals surface area contributed by atoms with Crippen LogP contribution in [0.15, 0.2) is 36.4 Å². The van der Waals surface area contributed by atoms with Crippen LogP contribution in [0, 0.1) is 12.7 Å². The van der Waals surface area contributed by atoms with Gasteiger partial charge in [-0.25, -0.2) is 9.18 Å². The van der Waals surface area contributed by atoms with Gasteiger partial charge in [-0.2, -0.15) is 0 Å². The first-order valence-corrected chi connectivity index (χ1v) is 11.1. The monoisotopic (exact) mass is 524 g/mol. The molecule has 3 rings (SSSR count). The Morgan fingerprint density at radius 3 is 2.22 bits per heavy atom. The van der Waals surface area contributed by atoms with Crippen LogP contribution in [-0.2, 0) is 9.59 Å². The third-order valence-electron chi connectivity index (χ3n) is 6.28. The van der Waals surface area contributed by atoms with Crippen molar-refractivity contribution in [1.82, 2.24) is 9.88 Å². The lowest BCUT2D eigenvalue weighted by molar-refractivity contribution is -0.274. The van der Waals surface area contributed by atoms with E-state index < -0.39 is 52.9 Å². The third kappa shape index (κ3) is 5.23. The number of aromatic nitrogens is 1. The first-order chi connectivity index (χ1) is 17.1. The van der Waals surface area contributed by atoms with Crippen molar-refractivity contribution in [2.24, 2.45) is 0 Å². The summed E-state index contributed by atoms with van der Waals surface area (Å²) in [7, 11) is 0. The van der Waals surface area contributed by atoms with E-state index in [2.05, 4.69) is 10.1 Å². The van der Waals surface area contributed by atoms with Crippen molar-refractivity contribution < 1.29 is 46.9 Å². The molecule has 2 aromatic carbocycles. The van der Waals surface area contributed by atoms with E-state index in [9.17, 15) is 37.8 Å². The predicted molar refractivity (Wildman–Crippen MR) is 124 cm³/mol. The van der Waals surface area contributed by atoms with Crippen LogP contribution in [0.3, 0.4) is 0 Å². The molecule has 0 aliphatic rings. The topological polar surface area (TPSA) is 118 Å². The van der Waals surface area contributed by atoms with Crippen molar-refractivity contribution in [2.75, 3.05) is 0 Å². The number of carbonyl (C=O) groups excluding carboxylic acids is 2. The van der Waals surface area contributed by atoms with E-state index in [-0.39, 0.29) is 34.1 Å². The van der Waals surface area contributed by atoms with Gasteiger partial charge in [0.1, 0.15) is 11.3 Å². The summed E-state index contributed by atoms with van der Waals surface area (Å²) < 4.78 is 57.4. The summed E-state index contributed by atoms with van der Waals surface area (Å²) in [5.41, 5.74) is -1.50. The summed E-state index contributed by atoms with van der Waals surface area (Å²) >= 11 is 0. The highest BCUT2D eigenvalue weighted by atomic mass is 19.4. The van der Waals surface area contributed by atoms with E-state index in [0.717, 1.165) is 34.9 Å². The number of phenols is 1. The number of benzene rings is 2. The molecule has 3 aromatic rings. The number of fused-ring (bicyclic) bond motifs is 1. The molecule has 2 atom stereocenters. The lowest BCUT2D eigenvalue weighted by Gasteiger charge is -2.26. The van der Waals surface area contributed by atoms with Gasteiger partial charge in [0.05, 0.1) is 11.4 Å². The second kappa shape index (κ2) is 9.75. The van der Waals surface area contributed by atoms with Crippen molar-refractivity contribution in [1.29, 1.82) is 0 Å². The number of amides is 1. The highest BCUT2D eigenvalue weighted by Gasteiger charge is 2.36. The zero-order valence-electron chi connectivity index (χ0n) is 20.2. The van der Waals surface area contributed by atoms with E-state index in [1.54, 1.807) is 6.92 Å². The van der Waals surface area contributed by atoms with Gasteiger partial charge < -0.3 is 20.3 Å². The van der Waals surface area contributed by atoms with Gasteiger partial charge in [0.25, 0.3) is 5.91 Å². The smallest absolute Gasteiger partial charge is 0.505 e. The predicted octanol–water partition coefficient (Wildman–Crippen LogP) is 4.85. The molecule has 2 unspecified atom stereocenters. The zero-order valence-corrected chi connectivity index (χ0v) is 20.2. The van der Waals surface area contributed by atoms with E-state index in [4.69, 9.17) is 0 Å². The molecule has 0 fully saturated rings. The Morgan fingerprint density at radius 2 is 1.70 bits per heavy atom. The zero-order chi connectivity index (χ0) is 27.9. The molecule has 8 nitrogen and oxygen atoms in total. The number of carboxylic acid groups (broad SMARTS) is 1. The molecule has 1 heterocycles. The molecule has 1 aromatic heterocycles. The lowest BCUT2D eigenvalue weighted by Crippen LogP contribution is -2.52. The van der Waals surface area contributed by atoms with Gasteiger partial charge in [0.15, 0.2) is 11.6 Å². The number of alkyl halides is 3. The van der Waals surface area contributed by atoms with E-state index in [0.29, 0.717) is 0 Å². The van der Waals surface area contributed by atoms with Crippen LogP contribution in [0.5, 0.6) is 11.5 Å². The fraction of sp³-hybridized carbons (Fsp3) is 0.320. The number of aromatic hydroxyl groups is 1. The molecule has 1 amide bonds. The van der Waals surface area contributed by atoms with Crippen molar-refractivity contribution >= 4 is 28.7 Å². The van der Waals surface area contributed by atoms with Gasteiger partial charge in [0.2, 0.25) is 5.91 Å². The molecule has 0 radical (unpaired) electrons. The minimum Gasteiger partial charge on any atom is -0.505 e. The van der Waals surface area contributed by atoms with Crippen LogP contribution in [0.2, 0.25) is 0 Å². The quantitative estimate of drug-likeness (QED) is 0.380. The Balaban J connectivity index is 2.12. The number of carbonyl (C=O) groups is 3. The Hall–Kier alpha value is -4.09. The van der Waals surface area contributed by atoms with Crippen molar-refractivity contribution in [3.63, 3.8) is 0 Å². The van der Waals surface area contributed by atoms with Crippen LogP contribution in [0.1, 0.15) is 54.7 Å². The summed E-state index contributed by atoms with van der Waals surface area (Å²) in [6.07, 6.45) is -4.86. The number of rotatable bonds is 7. The molecule has 0 bridgehead atoms. The number of nitrogens with one attached hydrogen (secondary N) is 1. The first-order valence-electron chi connectivity index (χ1n) is 11.1. The van der Waals surface area contributed by atoms with Gasteiger partial charge in [0, 0.05) is 16.6 Å². The van der Waals surface area contributed by atoms with Gasteiger partial charge >= 0.3 is 12.3 Å². The average molecular weight is 524 g/mol. The highest BCUT2D eigenvalue weighted by molar-refractivity contribution is 6.06. The molecular formula is C25H24F4N2O6. The van der Waals surface area contributed by atoms with Crippen LogP contribution < -0.4 is 10.1 Å². The van der Waals surface area contributed by atoms with Crippen LogP contribution in [0.25, 0.3) is 10.9 Å². The van der Waals surface area contributed by atoms with Crippen molar-refractivity contribution in [3.8, 4) is 11.5 Å². The second-order valence-corrected chi connectivity index (χ2v) is 8.71. The largest absolute Gasteiger partial charge is 0.573 e. The summed E-state index contributed by atoms with van der Waals surface area (Å²) in [5.74, 6) is -6.28. The minimum absolute atomic E-state index is 0.000411. The third-order valence-corrected chi connectivity index (χ3v) is 6.28. The molecule has 0 aliphatic heterocycles. The fourth-order valence-corrected chi connectivity index (χ4v) is 4.00. The summed E-state index contributed by atoms with van der Waals surface area (Å²) in [6, 6.07) is 6.38. The number of hydrogen-bond donors (Lipinski definition) is 3. The van der Waals surface area contributed by atoms with Gasteiger partial charge in [-0.1, -0.05) is 6.92 Å². The second-order valence-electron chi connectivity index (χ2n) is 8.71. The van der Waals surface area contributed by atoms with Crippen LogP contribution >= 0.6 is 0 Å². The maximum Gasteiger partial charge on any atom is 0.573 e. The first kappa shape index (κ1) is 27.5. The number of carboxylic acids is 1. The van der Waals surface area contributed by atoms with E-state index in [1.165, 1.54) is 26.8 Å². The fourth-order valence-electron chi connectivity index (χ4n) is 4.00. The number of aliphatic carboxylic acids is 1. The van der Waals surface area contributed by atoms with E-state index >= 15 is 4.39 Å². The maximum atomic E-state index is 15.2. The van der Waals surface area contributed by atoms with Crippen LogP contribution in [0.4, 0.5) is 17.6 Å². The average Bonchev–Trinajstić information content (AvgIpc) is 3.12. The van der Waals surface area contributed by atoms with Gasteiger partial charge in [-0.3, -0.25) is 14.2 Å². The molecule has 3 N–H and O–H groups in total. The number of hydrogen-bond acceptors (Lipinski definition) is 5. The normalized spacial score (nSPS) is 14.2. The van der Waals surface area contributed by atoms with Crippen molar-refractivity contribution in [3.05, 3.63) is 59.0 Å². The summed E-state index contributed by atoms with van der Waals surface area (Å²) in [5, 5.41) is 21.7. The summed E-state index contributed by atoms with van der Waals surface area (Å²) in [4.78, 5) is 38.1. The number of ether oxygens (including phenoxy) is 1. The highest BCUT2D eigenvalue weighted by Crippen LogP contribution is 2.37. The van der Waals surface area contributed by atoms with E-state index in [1.807, 2.05) is 0 Å². The maximum absolute atomic E-state index is 15.2. The van der Waals surface area contributed by atoms with Crippen molar-refractivity contribution in [2.45, 2.75) is 51.9 Å². The molecule has 198 valence electrons. The molecular weight excluding hydrogens is 500 g/mol.